The highest BCUT2D eigenvalue weighted by atomic mass is 32.1. The van der Waals surface area contributed by atoms with Crippen molar-refractivity contribution in [2.45, 2.75) is 77.6 Å². The third kappa shape index (κ3) is 5.53. The van der Waals surface area contributed by atoms with E-state index < -0.39 is 0 Å². The molecule has 0 saturated heterocycles. The first-order chi connectivity index (χ1) is 26.7. The molecule has 0 fully saturated rings. The Labute approximate surface area is 337 Å². The summed E-state index contributed by atoms with van der Waals surface area (Å²) in [4.78, 5) is 7.92. The molecular formula is C50H46N2S3. The van der Waals surface area contributed by atoms with Gasteiger partial charge in [0.15, 0.2) is 0 Å². The maximum Gasteiger partial charge on any atom is 0.0636 e. The minimum atomic E-state index is -0.257. The number of anilines is 6. The number of unbranched alkanes of at least 4 members (excludes halogenated alkanes) is 3. The van der Waals surface area contributed by atoms with Crippen molar-refractivity contribution in [1.29, 1.82) is 0 Å². The van der Waals surface area contributed by atoms with Crippen LogP contribution in [0.15, 0.2) is 127 Å². The van der Waals surface area contributed by atoms with E-state index in [1.54, 1.807) is 4.88 Å². The summed E-state index contributed by atoms with van der Waals surface area (Å²) in [5, 5.41) is 0. The summed E-state index contributed by atoms with van der Waals surface area (Å²) in [6.45, 7) is 11.9. The highest BCUT2D eigenvalue weighted by Gasteiger charge is 2.43. The molecular weight excluding hydrogens is 725 g/mol. The van der Waals surface area contributed by atoms with Crippen LogP contribution in [0.2, 0.25) is 0 Å². The summed E-state index contributed by atoms with van der Waals surface area (Å²) in [5.41, 5.74) is 13.6. The lowest BCUT2D eigenvalue weighted by atomic mass is 9.68. The molecule has 55 heavy (non-hydrogen) atoms. The molecule has 2 nitrogen and oxygen atoms in total. The Kier molecular flexibility index (Phi) is 8.36. The summed E-state index contributed by atoms with van der Waals surface area (Å²) in [5.74, 6) is 0. The molecule has 0 bridgehead atoms. The van der Waals surface area contributed by atoms with Gasteiger partial charge in [0, 0.05) is 41.4 Å². The van der Waals surface area contributed by atoms with Gasteiger partial charge >= 0.3 is 0 Å². The molecule has 0 saturated carbocycles. The molecule has 2 aliphatic heterocycles. The maximum absolute atomic E-state index is 2.52. The van der Waals surface area contributed by atoms with Gasteiger partial charge < -0.3 is 9.80 Å². The highest BCUT2D eigenvalue weighted by Crippen LogP contribution is 2.59. The van der Waals surface area contributed by atoms with Crippen molar-refractivity contribution >= 4 is 86.9 Å². The second-order valence-corrected chi connectivity index (χ2v) is 19.6. The van der Waals surface area contributed by atoms with Gasteiger partial charge in [0.2, 0.25) is 0 Å². The Morgan fingerprint density at radius 1 is 0.473 bits per heavy atom. The van der Waals surface area contributed by atoms with Crippen molar-refractivity contribution in [2.24, 2.45) is 0 Å². The van der Waals surface area contributed by atoms with E-state index in [-0.39, 0.29) is 10.8 Å². The van der Waals surface area contributed by atoms with Crippen LogP contribution in [-0.2, 0) is 17.3 Å². The van der Waals surface area contributed by atoms with Crippen LogP contribution < -0.4 is 9.80 Å². The first-order valence-electron chi connectivity index (χ1n) is 19.8. The maximum atomic E-state index is 2.52. The van der Waals surface area contributed by atoms with Gasteiger partial charge in [0.25, 0.3) is 0 Å². The van der Waals surface area contributed by atoms with Crippen LogP contribution in [0.3, 0.4) is 0 Å². The van der Waals surface area contributed by atoms with Crippen LogP contribution in [0.4, 0.5) is 34.1 Å². The van der Waals surface area contributed by atoms with Crippen molar-refractivity contribution < 1.29 is 0 Å². The molecule has 0 atom stereocenters. The van der Waals surface area contributed by atoms with Gasteiger partial charge in [0.05, 0.1) is 32.1 Å². The molecule has 5 heteroatoms. The Morgan fingerprint density at radius 3 is 1.71 bits per heavy atom. The molecule has 0 amide bonds. The number of benzene rings is 5. The largest absolute Gasteiger partial charge is 0.310 e. The van der Waals surface area contributed by atoms with Crippen molar-refractivity contribution in [2.75, 3.05) is 9.80 Å². The molecule has 5 heterocycles. The summed E-state index contributed by atoms with van der Waals surface area (Å²) in [6.07, 6.45) is 6.47. The van der Waals surface area contributed by atoms with Gasteiger partial charge in [-0.05, 0) is 107 Å². The van der Waals surface area contributed by atoms with Crippen LogP contribution in [0.1, 0.15) is 87.4 Å². The van der Waals surface area contributed by atoms with Crippen LogP contribution in [-0.4, -0.2) is 0 Å². The molecule has 0 radical (unpaired) electrons. The Morgan fingerprint density at radius 2 is 1.04 bits per heavy atom. The van der Waals surface area contributed by atoms with Gasteiger partial charge in [-0.1, -0.05) is 115 Å². The third-order valence-electron chi connectivity index (χ3n) is 12.1. The first-order valence-corrected chi connectivity index (χ1v) is 22.3. The number of nitrogens with zero attached hydrogens (tertiary/aromatic N) is 2. The fourth-order valence-electron chi connectivity index (χ4n) is 9.17. The molecule has 8 aromatic rings. The average molecular weight is 771 g/mol. The minimum Gasteiger partial charge on any atom is -0.310 e. The monoisotopic (exact) mass is 770 g/mol. The predicted octanol–water partition coefficient (Wildman–Crippen LogP) is 16.2. The van der Waals surface area contributed by atoms with Crippen molar-refractivity contribution in [3.8, 4) is 10.4 Å². The van der Waals surface area contributed by atoms with Gasteiger partial charge in [-0.2, -0.15) is 0 Å². The minimum absolute atomic E-state index is 0.196. The molecule has 274 valence electrons. The summed E-state index contributed by atoms with van der Waals surface area (Å²) < 4.78 is 5.83. The van der Waals surface area contributed by atoms with Crippen molar-refractivity contribution in [3.05, 3.63) is 155 Å². The number of rotatable bonds is 8. The van der Waals surface area contributed by atoms with E-state index in [0.29, 0.717) is 0 Å². The number of fused-ring (bicyclic) bond motifs is 7. The number of para-hydroxylation sites is 3. The number of hydrogen-bond acceptors (Lipinski definition) is 5. The van der Waals surface area contributed by atoms with Crippen LogP contribution in [0, 0.1) is 0 Å². The zero-order valence-corrected chi connectivity index (χ0v) is 34.7. The normalized spacial score (nSPS) is 15.2. The van der Waals surface area contributed by atoms with Gasteiger partial charge in [-0.15, -0.1) is 34.0 Å². The van der Waals surface area contributed by atoms with Crippen molar-refractivity contribution in [1.82, 2.24) is 0 Å². The van der Waals surface area contributed by atoms with E-state index in [1.165, 1.54) is 118 Å². The molecule has 3 aromatic heterocycles. The molecule has 2 aliphatic rings. The van der Waals surface area contributed by atoms with Gasteiger partial charge in [0.1, 0.15) is 0 Å². The van der Waals surface area contributed by atoms with E-state index in [4.69, 9.17) is 0 Å². The predicted molar refractivity (Wildman–Crippen MR) is 242 cm³/mol. The quantitative estimate of drug-likeness (QED) is 0.142. The zero-order valence-electron chi connectivity index (χ0n) is 32.3. The number of aryl methyl sites for hydroxylation is 1. The van der Waals surface area contributed by atoms with Crippen molar-refractivity contribution in [3.63, 3.8) is 0 Å². The summed E-state index contributed by atoms with van der Waals surface area (Å²) >= 11 is 5.98. The molecule has 5 aromatic carbocycles. The standard InChI is InChI=1S/C50H46N2S3/c1-6-7-8-15-22-35-28-45-47(53-35)48-46(54-45)31-44(55-48)32-25-26-41-37(27-32)50(4,5)39-30-42-38(29-43(39)52(41)34-20-13-10-14-21-34)49(2,3)36-23-16-17-24-40(36)51(42)33-18-11-9-12-19-33/h9-14,16-21,23-31H,6-8,15,22H2,1-5H3. The highest BCUT2D eigenvalue weighted by molar-refractivity contribution is 7.39. The number of hydrogen-bond donors (Lipinski definition) is 0. The summed E-state index contributed by atoms with van der Waals surface area (Å²) in [7, 11) is 0. The smallest absolute Gasteiger partial charge is 0.0636 e. The second kappa shape index (κ2) is 13.2. The van der Waals surface area contributed by atoms with Crippen LogP contribution in [0.25, 0.3) is 29.2 Å². The second-order valence-electron chi connectivity index (χ2n) is 16.4. The zero-order chi connectivity index (χ0) is 37.5. The SMILES string of the molecule is CCCCCCc1cc2sc3cc(-c4ccc5c(c4)C(C)(C)c4cc6c(cc4N5c4ccccc4)C(C)(C)c4ccccc4N6c4ccccc4)sc3c2s1. The van der Waals surface area contributed by atoms with Gasteiger partial charge in [-0.3, -0.25) is 0 Å². The van der Waals surface area contributed by atoms with E-state index in [0.717, 1.165) is 0 Å². The fraction of sp³-hybridized carbons (Fsp3) is 0.240. The van der Waals surface area contributed by atoms with Crippen LogP contribution >= 0.6 is 34.0 Å². The van der Waals surface area contributed by atoms with E-state index >= 15 is 0 Å². The lowest BCUT2D eigenvalue weighted by Gasteiger charge is -2.47. The van der Waals surface area contributed by atoms with E-state index in [9.17, 15) is 0 Å². The first kappa shape index (κ1) is 34.8. The molecule has 0 N–H and O–H groups in total. The topological polar surface area (TPSA) is 6.48 Å². The number of thiophene rings is 3. The average Bonchev–Trinajstić information content (AvgIpc) is 3.88. The third-order valence-corrected chi connectivity index (χ3v) is 16.0. The summed E-state index contributed by atoms with van der Waals surface area (Å²) in [6, 6.07) is 48.1. The Bertz CT molecular complexity index is 2710. The fourth-order valence-corrected chi connectivity index (χ4v) is 13.2. The molecule has 0 unspecified atom stereocenters. The lowest BCUT2D eigenvalue weighted by Crippen LogP contribution is -2.35. The molecule has 10 rings (SSSR count). The molecule has 0 aliphatic carbocycles. The Balaban J connectivity index is 1.13. The van der Waals surface area contributed by atoms with Gasteiger partial charge in [-0.25, -0.2) is 0 Å². The molecule has 0 spiro atoms. The lowest BCUT2D eigenvalue weighted by molar-refractivity contribution is 0.615. The van der Waals surface area contributed by atoms with E-state index in [2.05, 4.69) is 172 Å². The van der Waals surface area contributed by atoms with Crippen LogP contribution in [0.5, 0.6) is 0 Å². The Hall–Kier alpha value is -4.68. The van der Waals surface area contributed by atoms with E-state index in [1.807, 2.05) is 34.0 Å².